The van der Waals surface area contributed by atoms with E-state index in [1.54, 1.807) is 6.07 Å². The first-order chi connectivity index (χ1) is 13.3. The molecule has 2 aromatic carbocycles. The van der Waals surface area contributed by atoms with Crippen molar-refractivity contribution in [2.24, 2.45) is 0 Å². The van der Waals surface area contributed by atoms with Crippen LogP contribution in [0.5, 0.6) is 0 Å². The maximum Gasteiger partial charge on any atom is 0.271 e. The van der Waals surface area contributed by atoms with Crippen LogP contribution in [0.15, 0.2) is 58.4 Å². The van der Waals surface area contributed by atoms with E-state index < -0.39 is 0 Å². The van der Waals surface area contributed by atoms with E-state index in [2.05, 4.69) is 10.4 Å². The quantitative estimate of drug-likeness (QED) is 0.660. The first kappa shape index (κ1) is 19.9. The summed E-state index contributed by atoms with van der Waals surface area (Å²) in [7, 11) is 0. The molecule has 0 atom stereocenters. The number of thioether (sulfide) groups is 1. The Morgan fingerprint density at radius 3 is 2.29 bits per heavy atom. The average molecular weight is 394 g/mol. The van der Waals surface area contributed by atoms with E-state index in [0.29, 0.717) is 5.03 Å². The third kappa shape index (κ3) is 4.70. The van der Waals surface area contributed by atoms with Gasteiger partial charge in [-0.3, -0.25) is 9.59 Å². The van der Waals surface area contributed by atoms with Gasteiger partial charge in [-0.05, 0) is 80.3 Å². The summed E-state index contributed by atoms with van der Waals surface area (Å²) < 4.78 is 1.37. The summed E-state index contributed by atoms with van der Waals surface area (Å²) in [4.78, 5) is 24.5. The number of aryl methyl sites for hydroxylation is 4. The van der Waals surface area contributed by atoms with Gasteiger partial charge >= 0.3 is 0 Å². The number of rotatable bonds is 5. The SMILES string of the molecule is Cc1ccc(NC(=O)CSc2ccc(=O)n(-c3ccc(C)c(C)c3)n2)cc1C. The molecule has 1 heterocycles. The second-order valence-electron chi connectivity index (χ2n) is 6.83. The second kappa shape index (κ2) is 8.44. The Morgan fingerprint density at radius 1 is 0.929 bits per heavy atom. The van der Waals surface area contributed by atoms with Crippen molar-refractivity contribution in [3.05, 3.63) is 81.1 Å². The number of hydrogen-bond acceptors (Lipinski definition) is 4. The largest absolute Gasteiger partial charge is 0.325 e. The first-order valence-electron chi connectivity index (χ1n) is 9.01. The molecule has 0 aliphatic heterocycles. The van der Waals surface area contributed by atoms with Gasteiger partial charge in [-0.15, -0.1) is 0 Å². The molecular formula is C22H23N3O2S. The first-order valence-corrected chi connectivity index (χ1v) is 10.00. The highest BCUT2D eigenvalue weighted by Crippen LogP contribution is 2.18. The highest BCUT2D eigenvalue weighted by atomic mass is 32.2. The Balaban J connectivity index is 1.70. The molecule has 0 aliphatic rings. The molecule has 1 aromatic heterocycles. The predicted molar refractivity (Wildman–Crippen MR) is 115 cm³/mol. The van der Waals surface area contributed by atoms with Crippen molar-refractivity contribution in [2.75, 3.05) is 11.1 Å². The zero-order valence-corrected chi connectivity index (χ0v) is 17.3. The highest BCUT2D eigenvalue weighted by molar-refractivity contribution is 7.99. The highest BCUT2D eigenvalue weighted by Gasteiger charge is 2.09. The molecule has 0 saturated heterocycles. The molecule has 3 rings (SSSR count). The summed E-state index contributed by atoms with van der Waals surface area (Å²) in [5.74, 6) is 0.101. The van der Waals surface area contributed by atoms with Crippen molar-refractivity contribution >= 4 is 23.4 Å². The maximum atomic E-state index is 12.3. The van der Waals surface area contributed by atoms with Crippen molar-refractivity contribution < 1.29 is 4.79 Å². The van der Waals surface area contributed by atoms with Gasteiger partial charge in [0, 0.05) is 11.8 Å². The van der Waals surface area contributed by atoms with Crippen LogP contribution in [0.2, 0.25) is 0 Å². The molecule has 0 bridgehead atoms. The molecule has 1 amide bonds. The second-order valence-corrected chi connectivity index (χ2v) is 7.82. The van der Waals surface area contributed by atoms with Gasteiger partial charge in [0.2, 0.25) is 5.91 Å². The van der Waals surface area contributed by atoms with Gasteiger partial charge in [0.15, 0.2) is 0 Å². The van der Waals surface area contributed by atoms with Gasteiger partial charge in [0.05, 0.1) is 11.4 Å². The van der Waals surface area contributed by atoms with E-state index in [-0.39, 0.29) is 17.2 Å². The van der Waals surface area contributed by atoms with Gasteiger partial charge in [-0.1, -0.05) is 23.9 Å². The lowest BCUT2D eigenvalue weighted by molar-refractivity contribution is -0.113. The van der Waals surface area contributed by atoms with Gasteiger partial charge in [0.25, 0.3) is 5.56 Å². The van der Waals surface area contributed by atoms with Crippen LogP contribution in [0.25, 0.3) is 5.69 Å². The molecule has 0 spiro atoms. The molecule has 0 unspecified atom stereocenters. The fourth-order valence-electron chi connectivity index (χ4n) is 2.67. The average Bonchev–Trinajstić information content (AvgIpc) is 2.66. The van der Waals surface area contributed by atoms with Crippen LogP contribution in [0.1, 0.15) is 22.3 Å². The Morgan fingerprint density at radius 2 is 1.61 bits per heavy atom. The minimum Gasteiger partial charge on any atom is -0.325 e. The van der Waals surface area contributed by atoms with E-state index in [0.717, 1.165) is 28.1 Å². The molecule has 28 heavy (non-hydrogen) atoms. The van der Waals surface area contributed by atoms with Gasteiger partial charge in [-0.25, -0.2) is 0 Å². The zero-order valence-electron chi connectivity index (χ0n) is 16.4. The van der Waals surface area contributed by atoms with Gasteiger partial charge < -0.3 is 5.32 Å². The molecule has 0 fully saturated rings. The molecule has 6 heteroatoms. The Labute approximate surface area is 168 Å². The minimum atomic E-state index is -0.202. The summed E-state index contributed by atoms with van der Waals surface area (Å²) in [6, 6.07) is 14.7. The third-order valence-electron chi connectivity index (χ3n) is 4.65. The number of benzene rings is 2. The summed E-state index contributed by atoms with van der Waals surface area (Å²) in [6.45, 7) is 8.07. The molecule has 1 N–H and O–H groups in total. The topological polar surface area (TPSA) is 64.0 Å². The van der Waals surface area contributed by atoms with Crippen LogP contribution in [0.4, 0.5) is 5.69 Å². The monoisotopic (exact) mass is 393 g/mol. The molecule has 3 aromatic rings. The molecule has 5 nitrogen and oxygen atoms in total. The number of nitrogens with one attached hydrogen (secondary N) is 1. The van der Waals surface area contributed by atoms with Gasteiger partial charge in [0.1, 0.15) is 5.03 Å². The standard InChI is InChI=1S/C22H23N3O2S/c1-14-5-7-18(11-16(14)3)23-20(26)13-28-21-9-10-22(27)25(24-21)19-8-6-15(2)17(4)12-19/h5-12H,13H2,1-4H3,(H,23,26). The van der Waals surface area contributed by atoms with E-state index in [1.807, 2.05) is 64.1 Å². The summed E-state index contributed by atoms with van der Waals surface area (Å²) in [5, 5.41) is 7.92. The number of amides is 1. The number of nitrogens with zero attached hydrogens (tertiary/aromatic N) is 2. The van der Waals surface area contributed by atoms with E-state index >= 15 is 0 Å². The third-order valence-corrected chi connectivity index (χ3v) is 5.57. The number of carbonyl (C=O) groups is 1. The van der Waals surface area contributed by atoms with Crippen molar-refractivity contribution in [3.63, 3.8) is 0 Å². The predicted octanol–water partition coefficient (Wildman–Crippen LogP) is 4.20. The lowest BCUT2D eigenvalue weighted by Crippen LogP contribution is -2.21. The van der Waals surface area contributed by atoms with Crippen molar-refractivity contribution in [1.82, 2.24) is 9.78 Å². The maximum absolute atomic E-state index is 12.3. The molecule has 0 aliphatic carbocycles. The smallest absolute Gasteiger partial charge is 0.271 e. The number of anilines is 1. The van der Waals surface area contributed by atoms with E-state index in [1.165, 1.54) is 28.1 Å². The number of aromatic nitrogens is 2. The lowest BCUT2D eigenvalue weighted by atomic mass is 10.1. The minimum absolute atomic E-state index is 0.112. The number of hydrogen-bond donors (Lipinski definition) is 1. The van der Waals surface area contributed by atoms with E-state index in [4.69, 9.17) is 0 Å². The van der Waals surface area contributed by atoms with Crippen molar-refractivity contribution in [1.29, 1.82) is 0 Å². The molecule has 0 saturated carbocycles. The van der Waals surface area contributed by atoms with Crippen LogP contribution in [0.3, 0.4) is 0 Å². The van der Waals surface area contributed by atoms with E-state index in [9.17, 15) is 9.59 Å². The van der Waals surface area contributed by atoms with Crippen LogP contribution >= 0.6 is 11.8 Å². The lowest BCUT2D eigenvalue weighted by Gasteiger charge is -2.09. The Hall–Kier alpha value is -2.86. The number of carbonyl (C=O) groups excluding carboxylic acids is 1. The fraction of sp³-hybridized carbons (Fsp3) is 0.227. The molecule has 0 radical (unpaired) electrons. The summed E-state index contributed by atoms with van der Waals surface area (Å²) in [5.41, 5.74) is 5.87. The summed E-state index contributed by atoms with van der Waals surface area (Å²) >= 11 is 1.30. The molecular weight excluding hydrogens is 370 g/mol. The van der Waals surface area contributed by atoms with Crippen LogP contribution in [-0.2, 0) is 4.79 Å². The Kier molecular flexibility index (Phi) is 5.99. The zero-order chi connectivity index (χ0) is 20.3. The van der Waals surface area contributed by atoms with Crippen molar-refractivity contribution in [3.8, 4) is 5.69 Å². The van der Waals surface area contributed by atoms with Crippen LogP contribution < -0.4 is 10.9 Å². The van der Waals surface area contributed by atoms with Gasteiger partial charge in [-0.2, -0.15) is 9.78 Å². The molecule has 144 valence electrons. The Bertz CT molecular complexity index is 1090. The normalized spacial score (nSPS) is 10.7. The van der Waals surface area contributed by atoms with Crippen molar-refractivity contribution in [2.45, 2.75) is 32.7 Å². The fourth-order valence-corrected chi connectivity index (χ4v) is 3.32. The van der Waals surface area contributed by atoms with Crippen LogP contribution in [-0.4, -0.2) is 21.4 Å². The van der Waals surface area contributed by atoms with Crippen LogP contribution in [0, 0.1) is 27.7 Å². The summed E-state index contributed by atoms with van der Waals surface area (Å²) in [6.07, 6.45) is 0.